The lowest BCUT2D eigenvalue weighted by atomic mass is 10.1. The minimum atomic E-state index is -0.191. The lowest BCUT2D eigenvalue weighted by Gasteiger charge is -2.12. The van der Waals surface area contributed by atoms with Crippen LogP contribution in [0.5, 0.6) is 5.75 Å². The van der Waals surface area contributed by atoms with Crippen LogP contribution in [-0.4, -0.2) is 36.8 Å². The highest BCUT2D eigenvalue weighted by Crippen LogP contribution is 2.41. The van der Waals surface area contributed by atoms with Gasteiger partial charge in [-0.3, -0.25) is 14.4 Å². The third kappa shape index (κ3) is 4.91. The SMILES string of the molecule is CC(=O)NCCC(=O)NC[C@H]1Cc2cc(-c3ccc(C(C)=O)s3)cc(Cl)c2O1. The van der Waals surface area contributed by atoms with Gasteiger partial charge in [0.25, 0.3) is 0 Å². The average molecular weight is 421 g/mol. The standard InChI is InChI=1S/C20H21ClN2O4S/c1-11(24)17-3-4-18(28-17)13-7-14-8-15(27-20(14)16(21)9-13)10-23-19(26)5-6-22-12(2)25/h3-4,7,9,15H,5-6,8,10H2,1-2H3,(H,22,25)(H,23,26)/t15-/m1/s1. The Morgan fingerprint density at radius 2 is 2.00 bits per heavy atom. The third-order valence-corrected chi connectivity index (χ3v) is 5.86. The maximum atomic E-state index is 11.8. The van der Waals surface area contributed by atoms with Gasteiger partial charge in [0.1, 0.15) is 11.9 Å². The second-order valence-electron chi connectivity index (χ2n) is 6.65. The molecule has 0 bridgehead atoms. The summed E-state index contributed by atoms with van der Waals surface area (Å²) in [5.41, 5.74) is 1.93. The Balaban J connectivity index is 1.61. The first-order chi connectivity index (χ1) is 13.3. The fourth-order valence-corrected chi connectivity index (χ4v) is 4.17. The number of hydrogen-bond donors (Lipinski definition) is 2. The summed E-state index contributed by atoms with van der Waals surface area (Å²) in [4.78, 5) is 35.9. The zero-order valence-electron chi connectivity index (χ0n) is 15.6. The largest absolute Gasteiger partial charge is 0.486 e. The van der Waals surface area contributed by atoms with Gasteiger partial charge in [0.2, 0.25) is 11.8 Å². The molecule has 148 valence electrons. The van der Waals surface area contributed by atoms with Crippen LogP contribution in [0.15, 0.2) is 24.3 Å². The molecule has 8 heteroatoms. The number of ketones is 1. The zero-order valence-corrected chi connectivity index (χ0v) is 17.2. The van der Waals surface area contributed by atoms with Crippen LogP contribution < -0.4 is 15.4 Å². The van der Waals surface area contributed by atoms with Crippen molar-refractivity contribution >= 4 is 40.5 Å². The molecule has 6 nitrogen and oxygen atoms in total. The predicted octanol–water partition coefficient (Wildman–Crippen LogP) is 3.22. The molecule has 0 fully saturated rings. The molecule has 0 saturated heterocycles. The van der Waals surface area contributed by atoms with Gasteiger partial charge in [-0.2, -0.15) is 0 Å². The number of benzene rings is 1. The van der Waals surface area contributed by atoms with Crippen LogP contribution in [0.2, 0.25) is 5.02 Å². The van der Waals surface area contributed by atoms with Crippen molar-refractivity contribution in [2.24, 2.45) is 0 Å². The first kappa shape index (κ1) is 20.4. The smallest absolute Gasteiger partial charge is 0.221 e. The molecule has 2 amide bonds. The normalized spacial score (nSPS) is 14.9. The minimum absolute atomic E-state index is 0.0427. The fourth-order valence-electron chi connectivity index (χ4n) is 2.99. The van der Waals surface area contributed by atoms with Crippen molar-refractivity contribution in [1.29, 1.82) is 0 Å². The zero-order chi connectivity index (χ0) is 20.3. The quantitative estimate of drug-likeness (QED) is 0.673. The second-order valence-corrected chi connectivity index (χ2v) is 8.14. The molecular weight excluding hydrogens is 400 g/mol. The molecule has 2 aromatic rings. The summed E-state index contributed by atoms with van der Waals surface area (Å²) in [5, 5.41) is 5.93. The topological polar surface area (TPSA) is 84.5 Å². The monoisotopic (exact) mass is 420 g/mol. The molecule has 1 aliphatic heterocycles. The predicted molar refractivity (Wildman–Crippen MR) is 109 cm³/mol. The van der Waals surface area contributed by atoms with Crippen LogP contribution in [0.3, 0.4) is 0 Å². The molecule has 0 spiro atoms. The van der Waals surface area contributed by atoms with E-state index in [9.17, 15) is 14.4 Å². The van der Waals surface area contributed by atoms with Crippen molar-refractivity contribution in [3.63, 3.8) is 0 Å². The van der Waals surface area contributed by atoms with E-state index in [1.165, 1.54) is 18.3 Å². The number of nitrogens with one attached hydrogen (secondary N) is 2. The summed E-state index contributed by atoms with van der Waals surface area (Å²) in [5.74, 6) is 0.386. The van der Waals surface area contributed by atoms with Crippen LogP contribution >= 0.6 is 22.9 Å². The van der Waals surface area contributed by atoms with E-state index in [1.807, 2.05) is 24.3 Å². The van der Waals surface area contributed by atoms with Gasteiger partial charge in [-0.25, -0.2) is 0 Å². The molecular formula is C20H21ClN2O4S. The molecule has 3 rings (SSSR count). The van der Waals surface area contributed by atoms with Crippen LogP contribution in [0, 0.1) is 0 Å². The van der Waals surface area contributed by atoms with Crippen molar-refractivity contribution in [2.75, 3.05) is 13.1 Å². The van der Waals surface area contributed by atoms with Gasteiger partial charge in [0, 0.05) is 36.8 Å². The summed E-state index contributed by atoms with van der Waals surface area (Å²) in [6, 6.07) is 7.60. The van der Waals surface area contributed by atoms with Crippen molar-refractivity contribution in [2.45, 2.75) is 32.8 Å². The van der Waals surface area contributed by atoms with Gasteiger partial charge in [-0.05, 0) is 36.8 Å². The van der Waals surface area contributed by atoms with Crippen LogP contribution in [0.25, 0.3) is 10.4 Å². The van der Waals surface area contributed by atoms with Gasteiger partial charge in [-0.15, -0.1) is 11.3 Å². The van der Waals surface area contributed by atoms with E-state index in [4.69, 9.17) is 16.3 Å². The Kier molecular flexibility index (Phi) is 6.36. The highest BCUT2D eigenvalue weighted by Gasteiger charge is 2.26. The third-order valence-electron chi connectivity index (χ3n) is 4.34. The van der Waals surface area contributed by atoms with E-state index >= 15 is 0 Å². The van der Waals surface area contributed by atoms with E-state index < -0.39 is 0 Å². The van der Waals surface area contributed by atoms with Gasteiger partial charge in [0.15, 0.2) is 5.78 Å². The number of thiophene rings is 1. The molecule has 1 aliphatic rings. The Hall–Kier alpha value is -2.38. The molecule has 0 unspecified atom stereocenters. The van der Waals surface area contributed by atoms with Gasteiger partial charge in [0.05, 0.1) is 16.4 Å². The molecule has 0 radical (unpaired) electrons. The Bertz CT molecular complexity index is 925. The average Bonchev–Trinajstić information content (AvgIpc) is 3.27. The van der Waals surface area contributed by atoms with Crippen LogP contribution in [0.1, 0.15) is 35.5 Å². The summed E-state index contributed by atoms with van der Waals surface area (Å²) < 4.78 is 5.90. The molecule has 2 N–H and O–H groups in total. The summed E-state index contributed by atoms with van der Waals surface area (Å²) in [7, 11) is 0. The summed E-state index contributed by atoms with van der Waals surface area (Å²) in [6.45, 7) is 3.64. The minimum Gasteiger partial charge on any atom is -0.486 e. The highest BCUT2D eigenvalue weighted by molar-refractivity contribution is 7.17. The molecule has 1 aromatic heterocycles. The van der Waals surface area contributed by atoms with Gasteiger partial charge >= 0.3 is 0 Å². The van der Waals surface area contributed by atoms with Crippen molar-refractivity contribution < 1.29 is 19.1 Å². The number of hydrogen-bond acceptors (Lipinski definition) is 5. The van der Waals surface area contributed by atoms with Crippen LogP contribution in [0.4, 0.5) is 0 Å². The number of carbonyl (C=O) groups excluding carboxylic acids is 3. The number of rotatable bonds is 7. The Morgan fingerprint density at radius 1 is 1.21 bits per heavy atom. The lowest BCUT2D eigenvalue weighted by molar-refractivity contribution is -0.121. The van der Waals surface area contributed by atoms with E-state index in [1.54, 1.807) is 6.92 Å². The van der Waals surface area contributed by atoms with Crippen LogP contribution in [-0.2, 0) is 16.0 Å². The lowest BCUT2D eigenvalue weighted by Crippen LogP contribution is -2.36. The summed E-state index contributed by atoms with van der Waals surface area (Å²) in [6.07, 6.45) is 0.671. The number of carbonyl (C=O) groups is 3. The van der Waals surface area contributed by atoms with E-state index in [0.29, 0.717) is 35.2 Å². The number of ether oxygens (including phenoxy) is 1. The first-order valence-electron chi connectivity index (χ1n) is 8.95. The van der Waals surface area contributed by atoms with Crippen molar-refractivity contribution in [1.82, 2.24) is 10.6 Å². The maximum Gasteiger partial charge on any atom is 0.221 e. The molecule has 1 aromatic carbocycles. The molecule has 28 heavy (non-hydrogen) atoms. The number of amides is 2. The summed E-state index contributed by atoms with van der Waals surface area (Å²) >= 11 is 7.84. The Morgan fingerprint density at radius 3 is 2.68 bits per heavy atom. The molecule has 2 heterocycles. The first-order valence-corrected chi connectivity index (χ1v) is 10.1. The van der Waals surface area contributed by atoms with E-state index in [0.717, 1.165) is 16.0 Å². The number of halogens is 1. The number of fused-ring (bicyclic) bond motifs is 1. The van der Waals surface area contributed by atoms with Crippen molar-refractivity contribution in [3.05, 3.63) is 39.7 Å². The highest BCUT2D eigenvalue weighted by atomic mass is 35.5. The van der Waals surface area contributed by atoms with E-state index in [2.05, 4.69) is 10.6 Å². The molecule has 0 aliphatic carbocycles. The maximum absolute atomic E-state index is 11.8. The van der Waals surface area contributed by atoms with Crippen molar-refractivity contribution in [3.8, 4) is 16.2 Å². The van der Waals surface area contributed by atoms with Gasteiger partial charge < -0.3 is 15.4 Å². The Labute approximate surface area is 172 Å². The number of Topliss-reactive ketones (excluding diaryl/α,β-unsaturated/α-hetero) is 1. The molecule has 0 saturated carbocycles. The fraction of sp³-hybridized carbons (Fsp3) is 0.350. The van der Waals surface area contributed by atoms with E-state index in [-0.39, 0.29) is 30.1 Å². The second kappa shape index (κ2) is 8.75. The molecule has 1 atom stereocenters. The van der Waals surface area contributed by atoms with Gasteiger partial charge in [-0.1, -0.05) is 11.6 Å².